The number of carbonyl (C=O) groups is 5. The molecule has 12 rings (SSSR count). The summed E-state index contributed by atoms with van der Waals surface area (Å²) in [6, 6.07) is 35.7. The fourth-order valence-corrected chi connectivity index (χ4v) is 11.7. The summed E-state index contributed by atoms with van der Waals surface area (Å²) >= 11 is 7.20. The molecule has 0 spiro atoms. The van der Waals surface area contributed by atoms with E-state index in [2.05, 4.69) is 30.9 Å². The predicted molar refractivity (Wildman–Crippen MR) is 335 cm³/mol. The number of hydrogen-bond donors (Lipinski definition) is 2. The Bertz CT molecular complexity index is 4550. The standard InChI is InChI=1S/C19H15FN2O2S.C17H11FN2O2S.C10H10N2O2S.C9H8BrFO.C9H9FO/c1-3-24-18(23)12-7-8-15-16(9-12)25-19-21-14(10-22(15)19)13-6-4-5-11(2)17(13)20;1-9-3-2-4-11(15(9)18)12-8-20-13-6-5-10(16(21)22)7-14(13)23-17(20)19-12;1-2-14-9(13)6-3-4-7-8(5-6)15-10(11)12-7;1-6-3-2-4-7(9(6)11)8(12)5-10;1-6-4-3-5-8(7(2)11)9(6)10/h4-10H,3H2,1-2H3;2-8H,1H3,(H,21,22);3-5H,2H2,1H3,(H2,11,12);2-4H,5H2,1H3;3-5H,1-2H3. The van der Waals surface area contributed by atoms with Crippen molar-refractivity contribution in [2.75, 3.05) is 24.3 Å². The minimum absolute atomic E-state index is 0.159. The number of ether oxygens (including phenoxy) is 2. The van der Waals surface area contributed by atoms with Crippen molar-refractivity contribution in [3.05, 3.63) is 213 Å². The molecule has 7 aromatic carbocycles. The molecule has 5 aromatic heterocycles. The largest absolute Gasteiger partial charge is 0.478 e. The van der Waals surface area contributed by atoms with E-state index in [0.29, 0.717) is 79.2 Å². The van der Waals surface area contributed by atoms with Crippen LogP contribution in [0, 0.1) is 51.0 Å². The topological polar surface area (TPSA) is 198 Å². The van der Waals surface area contributed by atoms with Crippen molar-refractivity contribution in [3.8, 4) is 22.5 Å². The lowest BCUT2D eigenvalue weighted by molar-refractivity contribution is 0.0517. The third-order valence-corrected chi connectivity index (χ3v) is 16.4. The van der Waals surface area contributed by atoms with Crippen LogP contribution in [-0.4, -0.2) is 76.9 Å². The molecule has 0 aliphatic carbocycles. The third-order valence-electron chi connectivity index (χ3n) is 13.0. The van der Waals surface area contributed by atoms with Crippen molar-refractivity contribution >= 4 is 125 Å². The van der Waals surface area contributed by atoms with Crippen LogP contribution >= 0.6 is 49.9 Å². The summed E-state index contributed by atoms with van der Waals surface area (Å²) in [6.45, 7) is 12.4. The molecule has 3 N–H and O–H groups in total. The summed E-state index contributed by atoms with van der Waals surface area (Å²) in [6.07, 6.45) is 3.61. The molecule has 0 aliphatic rings. The molecular formula is C64H53BrF4N6O8S3. The second-order valence-electron chi connectivity index (χ2n) is 19.0. The molecule has 0 fully saturated rings. The minimum Gasteiger partial charge on any atom is -0.478 e. The maximum Gasteiger partial charge on any atom is 0.338 e. The molecule has 0 amide bonds. The normalized spacial score (nSPS) is 10.8. The predicted octanol–water partition coefficient (Wildman–Crippen LogP) is 16.3. The number of aryl methyl sites for hydroxylation is 4. The Kier molecular flexibility index (Phi) is 20.4. The highest BCUT2D eigenvalue weighted by atomic mass is 79.9. The van der Waals surface area contributed by atoms with E-state index in [-0.39, 0.29) is 57.2 Å². The van der Waals surface area contributed by atoms with Crippen LogP contribution in [-0.2, 0) is 9.47 Å². The number of thiazole rings is 3. The average Bonchev–Trinajstić information content (AvgIpc) is 2.22. The van der Waals surface area contributed by atoms with Crippen molar-refractivity contribution in [1.82, 2.24) is 23.8 Å². The van der Waals surface area contributed by atoms with E-state index >= 15 is 0 Å². The van der Waals surface area contributed by atoms with Gasteiger partial charge >= 0.3 is 17.9 Å². The quantitative estimate of drug-likeness (QED) is 0.0569. The number of ketones is 2. The number of esters is 2. The smallest absolute Gasteiger partial charge is 0.338 e. The van der Waals surface area contributed by atoms with Gasteiger partial charge in [0.05, 0.1) is 88.4 Å². The maximum absolute atomic E-state index is 14.4. The lowest BCUT2D eigenvalue weighted by Crippen LogP contribution is -2.04. The van der Waals surface area contributed by atoms with Gasteiger partial charge in [-0.15, -0.1) is 0 Å². The highest BCUT2D eigenvalue weighted by Crippen LogP contribution is 2.34. The molecule has 0 saturated carbocycles. The number of rotatable bonds is 10. The van der Waals surface area contributed by atoms with Gasteiger partial charge in [-0.25, -0.2) is 46.9 Å². The number of carboxylic acids is 1. The lowest BCUT2D eigenvalue weighted by atomic mass is 10.1. The van der Waals surface area contributed by atoms with Gasteiger partial charge in [-0.1, -0.05) is 98.5 Å². The van der Waals surface area contributed by atoms with E-state index in [1.807, 2.05) is 27.1 Å². The van der Waals surface area contributed by atoms with Crippen LogP contribution in [0.25, 0.3) is 63.1 Å². The monoisotopic (exact) mass is 1280 g/mol. The molecule has 14 nitrogen and oxygen atoms in total. The minimum atomic E-state index is -0.958. The molecule has 0 saturated heterocycles. The first kappa shape index (κ1) is 63.1. The molecule has 0 bridgehead atoms. The summed E-state index contributed by atoms with van der Waals surface area (Å²) in [5.41, 5.74) is 14.1. The van der Waals surface area contributed by atoms with Gasteiger partial charge < -0.3 is 20.3 Å². The van der Waals surface area contributed by atoms with Gasteiger partial charge in [0, 0.05) is 23.5 Å². The molecule has 22 heteroatoms. The number of benzene rings is 7. The average molecular weight is 1290 g/mol. The summed E-state index contributed by atoms with van der Waals surface area (Å²) < 4.78 is 71.2. The Morgan fingerprint density at radius 2 is 0.965 bits per heavy atom. The first-order valence-corrected chi connectivity index (χ1v) is 29.9. The van der Waals surface area contributed by atoms with Crippen LogP contribution in [0.2, 0.25) is 0 Å². The van der Waals surface area contributed by atoms with Gasteiger partial charge in [-0.3, -0.25) is 18.4 Å². The Morgan fingerprint density at radius 3 is 1.42 bits per heavy atom. The van der Waals surface area contributed by atoms with Gasteiger partial charge in [0.15, 0.2) is 26.6 Å². The molecule has 0 aliphatic heterocycles. The number of aromatic carboxylic acids is 1. The Hall–Kier alpha value is -8.96. The highest BCUT2D eigenvalue weighted by Gasteiger charge is 2.19. The van der Waals surface area contributed by atoms with Crippen molar-refractivity contribution < 1.29 is 56.1 Å². The third kappa shape index (κ3) is 14.2. The number of nitrogen functional groups attached to an aromatic ring is 1. The first-order chi connectivity index (χ1) is 41.1. The number of aromatic nitrogens is 5. The molecule has 12 aromatic rings. The van der Waals surface area contributed by atoms with Crippen LogP contribution in [0.5, 0.6) is 0 Å². The van der Waals surface area contributed by atoms with E-state index in [9.17, 15) is 41.5 Å². The molecule has 440 valence electrons. The zero-order valence-corrected chi connectivity index (χ0v) is 51.2. The zero-order valence-electron chi connectivity index (χ0n) is 47.1. The van der Waals surface area contributed by atoms with E-state index in [1.54, 1.807) is 151 Å². The number of alkyl halides is 1. The van der Waals surface area contributed by atoms with Gasteiger partial charge in [0.1, 0.15) is 23.3 Å². The van der Waals surface area contributed by atoms with Crippen molar-refractivity contribution in [2.45, 2.75) is 48.5 Å². The Labute approximate surface area is 510 Å². The van der Waals surface area contributed by atoms with Gasteiger partial charge in [0.2, 0.25) is 0 Å². The molecule has 86 heavy (non-hydrogen) atoms. The van der Waals surface area contributed by atoms with Crippen LogP contribution in [0.15, 0.2) is 140 Å². The highest BCUT2D eigenvalue weighted by molar-refractivity contribution is 9.09. The first-order valence-electron chi connectivity index (χ1n) is 26.3. The van der Waals surface area contributed by atoms with Crippen molar-refractivity contribution in [3.63, 3.8) is 0 Å². The second kappa shape index (κ2) is 27.8. The number of nitrogens with two attached hydrogens (primary N) is 1. The fraction of sp³-hybridized carbons (Fsp3) is 0.156. The second-order valence-corrected chi connectivity index (χ2v) is 22.6. The lowest BCUT2D eigenvalue weighted by Gasteiger charge is -2.02. The summed E-state index contributed by atoms with van der Waals surface area (Å²) in [4.78, 5) is 70.8. The van der Waals surface area contributed by atoms with E-state index < -0.39 is 17.6 Å². The summed E-state index contributed by atoms with van der Waals surface area (Å²) in [5, 5.41) is 9.73. The number of Topliss-reactive ketones (excluding diaryl/α,β-unsaturated/α-hetero) is 2. The van der Waals surface area contributed by atoms with Gasteiger partial charge in [-0.2, -0.15) is 0 Å². The number of fused-ring (bicyclic) bond motifs is 7. The summed E-state index contributed by atoms with van der Waals surface area (Å²) in [7, 11) is 0. The van der Waals surface area contributed by atoms with E-state index in [0.717, 1.165) is 35.6 Å². The van der Waals surface area contributed by atoms with Crippen LogP contribution in [0.4, 0.5) is 22.7 Å². The number of carbonyl (C=O) groups excluding carboxylic acids is 4. The number of hydrogen-bond acceptors (Lipinski definition) is 14. The Morgan fingerprint density at radius 1 is 0.547 bits per heavy atom. The van der Waals surface area contributed by atoms with Crippen LogP contribution in [0.3, 0.4) is 0 Å². The van der Waals surface area contributed by atoms with Crippen LogP contribution in [0.1, 0.15) is 94.8 Å². The van der Waals surface area contributed by atoms with Crippen molar-refractivity contribution in [1.29, 1.82) is 0 Å². The molecule has 5 heterocycles. The van der Waals surface area contributed by atoms with Crippen LogP contribution < -0.4 is 5.73 Å². The Balaban J connectivity index is 0.000000145. The SMILES string of the molecule is CC(=O)c1cccc(C)c1F.CCOC(=O)c1ccc2c(c1)sc1nc(-c3cccc(C)c3F)cn12.CCOC(=O)c1ccc2nc(N)sc2c1.Cc1cccc(-c2cn3c(n2)sc2cc(C(=O)O)ccc23)c1F.Cc1cccc(C(=O)CBr)c1F. The number of imidazole rings is 2. The number of halogens is 5. The van der Waals surface area contributed by atoms with E-state index in [1.165, 1.54) is 53.1 Å². The summed E-state index contributed by atoms with van der Waals surface area (Å²) in [5.74, 6) is -3.40. The van der Waals surface area contributed by atoms with Crippen molar-refractivity contribution in [2.24, 2.45) is 0 Å². The van der Waals surface area contributed by atoms with Gasteiger partial charge in [0.25, 0.3) is 0 Å². The molecule has 0 atom stereocenters. The molecule has 0 unspecified atom stereocenters. The molecule has 0 radical (unpaired) electrons. The maximum atomic E-state index is 14.4. The van der Waals surface area contributed by atoms with E-state index in [4.69, 9.17) is 20.3 Å². The number of anilines is 1. The zero-order chi connectivity index (χ0) is 62.1. The number of nitrogens with zero attached hydrogens (tertiary/aromatic N) is 5. The molecular weight excluding hydrogens is 1230 g/mol. The van der Waals surface area contributed by atoms with Gasteiger partial charge in [-0.05, 0) is 150 Å². The fourth-order valence-electron chi connectivity index (χ4n) is 8.56. The number of carboxylic acid groups (broad SMARTS) is 1.